The van der Waals surface area contributed by atoms with Gasteiger partial charge in [-0.25, -0.2) is 0 Å². The zero-order valence-electron chi connectivity index (χ0n) is 8.54. The molecule has 4 N–H and O–H groups in total. The van der Waals surface area contributed by atoms with E-state index in [0.717, 1.165) is 5.56 Å². The molecule has 0 aliphatic rings. The maximum Gasteiger partial charge on any atom is 0.225 e. The van der Waals surface area contributed by atoms with Crippen molar-refractivity contribution >= 4 is 24.0 Å². The molecule has 1 heterocycles. The standard InChI is InChI=1S/C11H11N5/c12-10-14-9(15-11(13)16-10)7-6-8-4-2-1-3-5-8/h1-7H,(H4,12,13,14,15,16). The Morgan fingerprint density at radius 1 is 0.812 bits per heavy atom. The monoisotopic (exact) mass is 213 g/mol. The average molecular weight is 213 g/mol. The summed E-state index contributed by atoms with van der Waals surface area (Å²) in [5.74, 6) is 0.703. The third-order valence-electron chi connectivity index (χ3n) is 1.91. The van der Waals surface area contributed by atoms with Crippen LogP contribution in [-0.2, 0) is 0 Å². The molecule has 5 nitrogen and oxygen atoms in total. The SMILES string of the molecule is Nc1nc(N)nc(C=Cc2ccccc2)n1. The summed E-state index contributed by atoms with van der Waals surface area (Å²) in [6.45, 7) is 0. The highest BCUT2D eigenvalue weighted by Crippen LogP contribution is 2.06. The van der Waals surface area contributed by atoms with Crippen LogP contribution >= 0.6 is 0 Å². The Morgan fingerprint density at radius 3 is 2.06 bits per heavy atom. The molecule has 0 unspecified atom stereocenters. The van der Waals surface area contributed by atoms with Crippen molar-refractivity contribution in [2.75, 3.05) is 11.5 Å². The second-order valence-corrected chi connectivity index (χ2v) is 3.15. The minimum absolute atomic E-state index is 0.125. The third-order valence-corrected chi connectivity index (χ3v) is 1.91. The van der Waals surface area contributed by atoms with E-state index in [-0.39, 0.29) is 11.9 Å². The van der Waals surface area contributed by atoms with Crippen LogP contribution in [0.25, 0.3) is 12.2 Å². The summed E-state index contributed by atoms with van der Waals surface area (Å²) in [7, 11) is 0. The molecule has 2 rings (SSSR count). The number of nitrogens with zero attached hydrogens (tertiary/aromatic N) is 3. The van der Waals surface area contributed by atoms with Gasteiger partial charge in [-0.2, -0.15) is 15.0 Å². The van der Waals surface area contributed by atoms with E-state index in [4.69, 9.17) is 11.5 Å². The number of benzene rings is 1. The normalized spacial score (nSPS) is 10.8. The molecular weight excluding hydrogens is 202 g/mol. The first-order chi connectivity index (χ1) is 7.74. The van der Waals surface area contributed by atoms with Gasteiger partial charge in [0.05, 0.1) is 0 Å². The van der Waals surface area contributed by atoms with Crippen LogP contribution < -0.4 is 11.5 Å². The molecule has 0 saturated carbocycles. The second kappa shape index (κ2) is 4.39. The number of anilines is 2. The van der Waals surface area contributed by atoms with Crippen molar-refractivity contribution in [1.82, 2.24) is 15.0 Å². The molecule has 0 atom stereocenters. The van der Waals surface area contributed by atoms with Crippen molar-refractivity contribution in [3.8, 4) is 0 Å². The first-order valence-electron chi connectivity index (χ1n) is 4.74. The summed E-state index contributed by atoms with van der Waals surface area (Å²) in [6, 6.07) is 9.82. The fourth-order valence-corrected chi connectivity index (χ4v) is 1.24. The summed E-state index contributed by atoms with van der Waals surface area (Å²) in [6.07, 6.45) is 3.62. The van der Waals surface area contributed by atoms with Crippen LogP contribution in [-0.4, -0.2) is 15.0 Å². The van der Waals surface area contributed by atoms with Crippen molar-refractivity contribution in [3.05, 3.63) is 41.7 Å². The Balaban J connectivity index is 2.24. The Labute approximate surface area is 92.9 Å². The summed E-state index contributed by atoms with van der Waals surface area (Å²) in [4.78, 5) is 11.6. The molecule has 0 bridgehead atoms. The zero-order valence-corrected chi connectivity index (χ0v) is 8.54. The van der Waals surface area contributed by atoms with E-state index in [1.807, 2.05) is 36.4 Å². The predicted molar refractivity (Wildman–Crippen MR) is 64.0 cm³/mol. The van der Waals surface area contributed by atoms with Crippen LogP contribution in [0, 0.1) is 0 Å². The largest absolute Gasteiger partial charge is 0.368 e. The van der Waals surface area contributed by atoms with Gasteiger partial charge in [-0.15, -0.1) is 0 Å². The number of rotatable bonds is 2. The number of hydrogen-bond donors (Lipinski definition) is 2. The van der Waals surface area contributed by atoms with Crippen LogP contribution in [0.5, 0.6) is 0 Å². The summed E-state index contributed by atoms with van der Waals surface area (Å²) in [5, 5.41) is 0. The van der Waals surface area contributed by atoms with Gasteiger partial charge in [-0.05, 0) is 11.6 Å². The first kappa shape index (κ1) is 10.1. The lowest BCUT2D eigenvalue weighted by Crippen LogP contribution is -2.03. The number of nitrogens with two attached hydrogens (primary N) is 2. The minimum atomic E-state index is 0.125. The maximum atomic E-state index is 5.45. The summed E-state index contributed by atoms with van der Waals surface area (Å²) < 4.78 is 0. The Hall–Kier alpha value is -2.43. The van der Waals surface area contributed by atoms with Gasteiger partial charge in [-0.1, -0.05) is 36.4 Å². The van der Waals surface area contributed by atoms with Crippen molar-refractivity contribution < 1.29 is 0 Å². The molecule has 0 aliphatic carbocycles. The number of nitrogen functional groups attached to an aromatic ring is 2. The molecule has 1 aromatic carbocycles. The predicted octanol–water partition coefficient (Wildman–Crippen LogP) is 1.21. The number of hydrogen-bond acceptors (Lipinski definition) is 5. The molecule has 1 aromatic heterocycles. The Morgan fingerprint density at radius 2 is 1.44 bits per heavy atom. The van der Waals surface area contributed by atoms with Crippen LogP contribution in [0.4, 0.5) is 11.9 Å². The fraction of sp³-hybridized carbons (Fsp3) is 0. The van der Waals surface area contributed by atoms with E-state index in [1.165, 1.54) is 0 Å². The van der Waals surface area contributed by atoms with E-state index < -0.39 is 0 Å². The lowest BCUT2D eigenvalue weighted by molar-refractivity contribution is 1.06. The molecule has 0 radical (unpaired) electrons. The smallest absolute Gasteiger partial charge is 0.225 e. The lowest BCUT2D eigenvalue weighted by Gasteiger charge is -1.96. The molecule has 5 heteroatoms. The van der Waals surface area contributed by atoms with Crippen molar-refractivity contribution in [1.29, 1.82) is 0 Å². The minimum Gasteiger partial charge on any atom is -0.368 e. The molecule has 0 spiro atoms. The average Bonchev–Trinajstić information content (AvgIpc) is 2.27. The molecule has 0 aliphatic heterocycles. The lowest BCUT2D eigenvalue weighted by atomic mass is 10.2. The zero-order chi connectivity index (χ0) is 11.4. The van der Waals surface area contributed by atoms with E-state index in [0.29, 0.717) is 5.82 Å². The first-order valence-corrected chi connectivity index (χ1v) is 4.74. The van der Waals surface area contributed by atoms with Crippen molar-refractivity contribution in [2.24, 2.45) is 0 Å². The molecule has 0 fully saturated rings. The van der Waals surface area contributed by atoms with Crippen molar-refractivity contribution in [2.45, 2.75) is 0 Å². The van der Waals surface area contributed by atoms with Crippen LogP contribution in [0.1, 0.15) is 11.4 Å². The summed E-state index contributed by atoms with van der Waals surface area (Å²) >= 11 is 0. The topological polar surface area (TPSA) is 90.7 Å². The molecular formula is C11H11N5. The second-order valence-electron chi connectivity index (χ2n) is 3.15. The highest BCUT2D eigenvalue weighted by Gasteiger charge is 1.97. The van der Waals surface area contributed by atoms with Gasteiger partial charge in [0.1, 0.15) is 0 Å². The molecule has 2 aromatic rings. The van der Waals surface area contributed by atoms with Gasteiger partial charge in [0, 0.05) is 0 Å². The van der Waals surface area contributed by atoms with Gasteiger partial charge in [0.2, 0.25) is 11.9 Å². The summed E-state index contributed by atoms with van der Waals surface area (Å²) in [5.41, 5.74) is 12.0. The van der Waals surface area contributed by atoms with Crippen LogP contribution in [0.2, 0.25) is 0 Å². The third kappa shape index (κ3) is 2.54. The van der Waals surface area contributed by atoms with E-state index in [9.17, 15) is 0 Å². The van der Waals surface area contributed by atoms with Gasteiger partial charge in [-0.3, -0.25) is 0 Å². The van der Waals surface area contributed by atoms with Gasteiger partial charge >= 0.3 is 0 Å². The van der Waals surface area contributed by atoms with E-state index in [2.05, 4.69) is 15.0 Å². The van der Waals surface area contributed by atoms with Gasteiger partial charge < -0.3 is 11.5 Å². The highest BCUT2D eigenvalue weighted by atomic mass is 15.1. The van der Waals surface area contributed by atoms with Crippen LogP contribution in [0.3, 0.4) is 0 Å². The van der Waals surface area contributed by atoms with Crippen molar-refractivity contribution in [3.63, 3.8) is 0 Å². The van der Waals surface area contributed by atoms with E-state index in [1.54, 1.807) is 6.08 Å². The molecule has 0 amide bonds. The molecule has 16 heavy (non-hydrogen) atoms. The van der Waals surface area contributed by atoms with E-state index >= 15 is 0 Å². The maximum absolute atomic E-state index is 5.45. The van der Waals surface area contributed by atoms with Gasteiger partial charge in [0.15, 0.2) is 5.82 Å². The van der Waals surface area contributed by atoms with Crippen LogP contribution in [0.15, 0.2) is 30.3 Å². The number of aromatic nitrogens is 3. The Bertz CT molecular complexity index is 487. The quantitative estimate of drug-likeness (QED) is 0.782. The van der Waals surface area contributed by atoms with Gasteiger partial charge in [0.25, 0.3) is 0 Å². The Kier molecular flexibility index (Phi) is 2.77. The molecule has 0 saturated heterocycles. The highest BCUT2D eigenvalue weighted by molar-refractivity contribution is 5.66. The molecule has 80 valence electrons. The fourth-order valence-electron chi connectivity index (χ4n) is 1.24.